The maximum Gasteiger partial charge on any atom is 0.276 e. The molecular weight excluding hydrogens is 324 g/mol. The van der Waals surface area contributed by atoms with Crippen molar-refractivity contribution < 1.29 is 4.79 Å². The largest absolute Gasteiger partial charge is 0.327 e. The van der Waals surface area contributed by atoms with Gasteiger partial charge in [0, 0.05) is 31.0 Å². The van der Waals surface area contributed by atoms with Crippen LogP contribution in [-0.2, 0) is 0 Å². The summed E-state index contributed by atoms with van der Waals surface area (Å²) < 4.78 is 0. The molecule has 2 aromatic carbocycles. The Morgan fingerprint density at radius 3 is 2.38 bits per heavy atom. The molecule has 1 heterocycles. The van der Waals surface area contributed by atoms with Crippen molar-refractivity contribution >= 4 is 23.1 Å². The minimum Gasteiger partial charge on any atom is -0.327 e. The first-order chi connectivity index (χ1) is 12.6. The van der Waals surface area contributed by atoms with Gasteiger partial charge in [-0.3, -0.25) is 4.79 Å². The van der Waals surface area contributed by atoms with Gasteiger partial charge in [0.05, 0.1) is 0 Å². The number of rotatable bonds is 5. The molecule has 5 nitrogen and oxygen atoms in total. The fourth-order valence-electron chi connectivity index (χ4n) is 2.82. The molecule has 3 aromatic rings. The summed E-state index contributed by atoms with van der Waals surface area (Å²) >= 11 is 0. The van der Waals surface area contributed by atoms with Crippen LogP contribution < -0.4 is 9.80 Å². The zero-order chi connectivity index (χ0) is 18.5. The van der Waals surface area contributed by atoms with E-state index in [0.717, 1.165) is 17.9 Å². The van der Waals surface area contributed by atoms with Crippen LogP contribution in [-0.4, -0.2) is 29.5 Å². The Kier molecular flexibility index (Phi) is 5.27. The van der Waals surface area contributed by atoms with Gasteiger partial charge in [-0.15, -0.1) is 0 Å². The van der Waals surface area contributed by atoms with Gasteiger partial charge in [-0.2, -0.15) is 0 Å². The monoisotopic (exact) mass is 346 g/mol. The van der Waals surface area contributed by atoms with Crippen LogP contribution in [0.4, 0.5) is 17.2 Å². The molecule has 0 spiro atoms. The second-order valence-electron chi connectivity index (χ2n) is 6.04. The summed E-state index contributed by atoms with van der Waals surface area (Å²) in [4.78, 5) is 25.0. The van der Waals surface area contributed by atoms with Crippen molar-refractivity contribution in [2.75, 3.05) is 23.4 Å². The highest BCUT2D eigenvalue weighted by molar-refractivity contribution is 6.04. The van der Waals surface area contributed by atoms with Crippen LogP contribution in [0.1, 0.15) is 23.0 Å². The van der Waals surface area contributed by atoms with Crippen molar-refractivity contribution in [3.63, 3.8) is 0 Å². The van der Waals surface area contributed by atoms with Crippen molar-refractivity contribution in [2.45, 2.75) is 13.8 Å². The van der Waals surface area contributed by atoms with Gasteiger partial charge in [0.1, 0.15) is 17.8 Å². The van der Waals surface area contributed by atoms with E-state index in [1.165, 1.54) is 11.9 Å². The van der Waals surface area contributed by atoms with Crippen LogP contribution in [0.15, 0.2) is 67.0 Å². The zero-order valence-corrected chi connectivity index (χ0v) is 15.3. The normalized spacial score (nSPS) is 10.4. The Labute approximate surface area is 153 Å². The first-order valence-electron chi connectivity index (χ1n) is 8.59. The lowest BCUT2D eigenvalue weighted by Crippen LogP contribution is -2.27. The minimum absolute atomic E-state index is 0.167. The highest BCUT2D eigenvalue weighted by Gasteiger charge is 2.17. The highest BCUT2D eigenvalue weighted by Crippen LogP contribution is 2.24. The van der Waals surface area contributed by atoms with Crippen LogP contribution in [0, 0.1) is 6.92 Å². The summed E-state index contributed by atoms with van der Waals surface area (Å²) in [5.41, 5.74) is 3.41. The van der Waals surface area contributed by atoms with E-state index in [2.05, 4.69) is 40.8 Å². The second-order valence-corrected chi connectivity index (χ2v) is 6.04. The van der Waals surface area contributed by atoms with Crippen molar-refractivity contribution in [3.8, 4) is 0 Å². The average molecular weight is 346 g/mol. The number of aromatic nitrogens is 2. The molecule has 0 aliphatic rings. The third-order valence-electron chi connectivity index (χ3n) is 4.23. The third kappa shape index (κ3) is 3.72. The van der Waals surface area contributed by atoms with Crippen LogP contribution in [0.5, 0.6) is 0 Å². The molecule has 132 valence electrons. The van der Waals surface area contributed by atoms with E-state index in [4.69, 9.17) is 0 Å². The molecule has 0 aliphatic carbocycles. The van der Waals surface area contributed by atoms with E-state index < -0.39 is 0 Å². The summed E-state index contributed by atoms with van der Waals surface area (Å²) in [6.07, 6.45) is 1.44. The number of hydrogen-bond acceptors (Lipinski definition) is 4. The average Bonchev–Trinajstić information content (AvgIpc) is 2.68. The van der Waals surface area contributed by atoms with Gasteiger partial charge in [0.25, 0.3) is 5.91 Å². The summed E-state index contributed by atoms with van der Waals surface area (Å²) in [6, 6.07) is 19.5. The molecule has 0 aliphatic heterocycles. The predicted molar refractivity (Wildman–Crippen MR) is 105 cm³/mol. The summed E-state index contributed by atoms with van der Waals surface area (Å²) in [5, 5.41) is 0. The lowest BCUT2D eigenvalue weighted by Gasteiger charge is -2.23. The van der Waals surface area contributed by atoms with Crippen LogP contribution in [0.25, 0.3) is 0 Å². The Hall–Kier alpha value is -3.21. The van der Waals surface area contributed by atoms with Gasteiger partial charge < -0.3 is 9.80 Å². The lowest BCUT2D eigenvalue weighted by atomic mass is 10.2. The van der Waals surface area contributed by atoms with Gasteiger partial charge in [-0.1, -0.05) is 30.3 Å². The van der Waals surface area contributed by atoms with Crippen molar-refractivity contribution in [2.24, 2.45) is 0 Å². The fraction of sp³-hybridized carbons (Fsp3) is 0.190. The Balaban J connectivity index is 1.91. The molecule has 0 unspecified atom stereocenters. The molecule has 0 atom stereocenters. The fourth-order valence-corrected chi connectivity index (χ4v) is 2.82. The second kappa shape index (κ2) is 7.78. The molecule has 1 amide bonds. The number of aryl methyl sites for hydroxylation is 1. The van der Waals surface area contributed by atoms with Gasteiger partial charge in [0.15, 0.2) is 0 Å². The molecule has 5 heteroatoms. The van der Waals surface area contributed by atoms with Crippen LogP contribution in [0.3, 0.4) is 0 Å². The number of anilines is 3. The third-order valence-corrected chi connectivity index (χ3v) is 4.23. The molecule has 0 radical (unpaired) electrons. The van der Waals surface area contributed by atoms with E-state index >= 15 is 0 Å². The first kappa shape index (κ1) is 17.6. The summed E-state index contributed by atoms with van der Waals surface area (Å²) in [7, 11) is 1.75. The highest BCUT2D eigenvalue weighted by atomic mass is 16.2. The van der Waals surface area contributed by atoms with Crippen LogP contribution >= 0.6 is 0 Å². The van der Waals surface area contributed by atoms with Gasteiger partial charge in [0.2, 0.25) is 0 Å². The van der Waals surface area contributed by atoms with Gasteiger partial charge in [-0.05, 0) is 43.7 Å². The molecule has 0 saturated heterocycles. The van der Waals surface area contributed by atoms with E-state index in [1.54, 1.807) is 18.0 Å². The van der Waals surface area contributed by atoms with E-state index in [-0.39, 0.29) is 5.91 Å². The molecule has 0 bridgehead atoms. The molecule has 0 saturated carbocycles. The number of carbonyl (C=O) groups is 1. The number of carbonyl (C=O) groups excluding carboxylic acids is 1. The minimum atomic E-state index is -0.167. The zero-order valence-electron chi connectivity index (χ0n) is 15.3. The number of hydrogen-bond donors (Lipinski definition) is 0. The quantitative estimate of drug-likeness (QED) is 0.694. The van der Waals surface area contributed by atoms with Gasteiger partial charge >= 0.3 is 0 Å². The van der Waals surface area contributed by atoms with E-state index in [0.29, 0.717) is 11.5 Å². The van der Waals surface area contributed by atoms with E-state index in [1.807, 2.05) is 42.5 Å². The molecule has 26 heavy (non-hydrogen) atoms. The number of para-hydroxylation sites is 1. The Morgan fingerprint density at radius 2 is 1.69 bits per heavy atom. The predicted octanol–water partition coefficient (Wildman–Crippen LogP) is 4.22. The molecule has 0 N–H and O–H groups in total. The first-order valence-corrected chi connectivity index (χ1v) is 8.59. The van der Waals surface area contributed by atoms with Crippen LogP contribution in [0.2, 0.25) is 0 Å². The van der Waals surface area contributed by atoms with Crippen molar-refractivity contribution in [1.82, 2.24) is 9.97 Å². The number of amides is 1. The smallest absolute Gasteiger partial charge is 0.276 e. The molecule has 3 rings (SSSR count). The van der Waals surface area contributed by atoms with Crippen molar-refractivity contribution in [1.29, 1.82) is 0 Å². The molecular formula is C21H22N4O. The summed E-state index contributed by atoms with van der Waals surface area (Å²) in [5.74, 6) is 0.540. The topological polar surface area (TPSA) is 49.3 Å². The number of benzene rings is 2. The number of nitrogens with zero attached hydrogens (tertiary/aromatic N) is 4. The maximum atomic E-state index is 12.8. The Bertz CT molecular complexity index is 895. The summed E-state index contributed by atoms with van der Waals surface area (Å²) in [6.45, 7) is 4.85. The van der Waals surface area contributed by atoms with E-state index in [9.17, 15) is 4.79 Å². The maximum absolute atomic E-state index is 12.8. The SMILES string of the molecule is CCN(c1cccc(C)c1)c1cc(C(=O)N(C)c2ccccc2)ncn1. The van der Waals surface area contributed by atoms with Crippen molar-refractivity contribution in [3.05, 3.63) is 78.2 Å². The Morgan fingerprint density at radius 1 is 0.962 bits per heavy atom. The standard InChI is InChI=1S/C21H22N4O/c1-4-25(18-12-8-9-16(2)13-18)20-14-19(22-15-23-20)21(26)24(3)17-10-6-5-7-11-17/h5-15H,4H2,1-3H3. The van der Waals surface area contributed by atoms with Gasteiger partial charge in [-0.25, -0.2) is 9.97 Å². The lowest BCUT2D eigenvalue weighted by molar-refractivity contribution is 0.0988. The molecule has 1 aromatic heterocycles. The molecule has 0 fully saturated rings.